The number of benzene rings is 2. The molecule has 0 N–H and O–H groups in total. The molecule has 112 valence electrons. The second-order valence-corrected chi connectivity index (χ2v) is 4.14. The van der Waals surface area contributed by atoms with Crippen LogP contribution in [-0.2, 0) is 11.3 Å². The fourth-order valence-electron chi connectivity index (χ4n) is 1.53. The van der Waals surface area contributed by atoms with Gasteiger partial charge in [0.2, 0.25) is 5.75 Å². The van der Waals surface area contributed by atoms with E-state index in [0.717, 1.165) is 17.7 Å². The summed E-state index contributed by atoms with van der Waals surface area (Å²) in [5, 5.41) is 10.5. The van der Waals surface area contributed by atoms with Crippen LogP contribution in [-0.4, -0.2) is 15.9 Å². The van der Waals surface area contributed by atoms with Crippen LogP contribution in [0.1, 0.15) is 5.56 Å². The Morgan fingerprint density at radius 2 is 1.64 bits per heavy atom. The first kappa shape index (κ1) is 15.1. The molecule has 0 aromatic heterocycles. The Kier molecular flexibility index (Phi) is 4.76. The summed E-state index contributed by atoms with van der Waals surface area (Å²) in [7, 11) is 0. The van der Waals surface area contributed by atoms with Gasteiger partial charge in [0.1, 0.15) is 6.61 Å². The van der Waals surface area contributed by atoms with Crippen molar-refractivity contribution in [3.63, 3.8) is 0 Å². The average Bonchev–Trinajstić information content (AvgIpc) is 2.54. The number of hydrogen-bond donors (Lipinski definition) is 0. The Labute approximate surface area is 124 Å². The molecule has 0 aliphatic heterocycles. The summed E-state index contributed by atoms with van der Waals surface area (Å²) >= 11 is 0. The summed E-state index contributed by atoms with van der Waals surface area (Å²) in [6, 6.07) is 13.5. The zero-order valence-electron chi connectivity index (χ0n) is 11.2. The summed E-state index contributed by atoms with van der Waals surface area (Å²) in [6.07, 6.45) is -1.22. The molecule has 0 atom stereocenters. The standard InChI is InChI=1S/C14H11N2O6/c17-14(21-10-11-4-2-1-3-5-11)16(20)22-13-8-6-12(7-9-13)15(18)19/h1-9H,10H2/q+1. The summed E-state index contributed by atoms with van der Waals surface area (Å²) in [5.74, 6) is -0.0164. The maximum absolute atomic E-state index is 11.5. The van der Waals surface area contributed by atoms with Crippen LogP contribution in [0.2, 0.25) is 0 Å². The van der Waals surface area contributed by atoms with Crippen LogP contribution in [0.25, 0.3) is 0 Å². The van der Waals surface area contributed by atoms with Gasteiger partial charge < -0.3 is 4.74 Å². The number of amides is 1. The number of hydrogen-bond acceptors (Lipinski definition) is 6. The quantitative estimate of drug-likeness (QED) is 0.622. The Bertz CT molecular complexity index is 684. The van der Waals surface area contributed by atoms with Gasteiger partial charge in [0.25, 0.3) is 5.69 Å². The van der Waals surface area contributed by atoms with E-state index in [1.54, 1.807) is 24.3 Å². The fraction of sp³-hybridized carbons (Fsp3) is 0.0714. The Morgan fingerprint density at radius 1 is 1.00 bits per heavy atom. The third-order valence-electron chi connectivity index (χ3n) is 2.59. The third kappa shape index (κ3) is 4.10. The first-order valence-corrected chi connectivity index (χ1v) is 6.16. The van der Waals surface area contributed by atoms with Gasteiger partial charge in [0.05, 0.1) is 9.83 Å². The number of non-ortho nitro benzene ring substituents is 1. The van der Waals surface area contributed by atoms with Crippen molar-refractivity contribution in [2.75, 3.05) is 0 Å². The van der Waals surface area contributed by atoms with Gasteiger partial charge in [-0.2, -0.15) is 9.63 Å². The Hall–Kier alpha value is -3.29. The van der Waals surface area contributed by atoms with Gasteiger partial charge in [-0.25, -0.2) is 0 Å². The minimum Gasteiger partial charge on any atom is -0.400 e. The van der Waals surface area contributed by atoms with Crippen LogP contribution in [0.4, 0.5) is 10.5 Å². The van der Waals surface area contributed by atoms with Crippen molar-refractivity contribution < 1.29 is 24.2 Å². The van der Waals surface area contributed by atoms with E-state index in [2.05, 4.69) is 4.84 Å². The highest BCUT2D eigenvalue weighted by Gasteiger charge is 2.29. The predicted octanol–water partition coefficient (Wildman–Crippen LogP) is 3.00. The summed E-state index contributed by atoms with van der Waals surface area (Å²) in [5.41, 5.74) is 0.566. The van der Waals surface area contributed by atoms with Crippen LogP contribution < -0.4 is 4.84 Å². The predicted molar refractivity (Wildman–Crippen MR) is 74.0 cm³/mol. The number of nitrogens with zero attached hydrogens (tertiary/aromatic N) is 2. The minimum absolute atomic E-state index is 0.0164. The number of ether oxygens (including phenoxy) is 1. The number of rotatable bonds is 5. The highest BCUT2D eigenvalue weighted by molar-refractivity contribution is 5.56. The molecular weight excluding hydrogens is 292 g/mol. The van der Waals surface area contributed by atoms with Crippen LogP contribution in [0.3, 0.4) is 0 Å². The van der Waals surface area contributed by atoms with E-state index in [0.29, 0.717) is 0 Å². The van der Waals surface area contributed by atoms with Gasteiger partial charge in [-0.1, -0.05) is 30.3 Å². The molecule has 0 spiro atoms. The first-order valence-electron chi connectivity index (χ1n) is 6.16. The van der Waals surface area contributed by atoms with Crippen LogP contribution in [0.5, 0.6) is 5.75 Å². The van der Waals surface area contributed by atoms with Crippen LogP contribution in [0.15, 0.2) is 54.6 Å². The zero-order chi connectivity index (χ0) is 15.9. The van der Waals surface area contributed by atoms with Gasteiger partial charge >= 0.3 is 11.0 Å². The average molecular weight is 303 g/mol. The maximum atomic E-state index is 11.5. The minimum atomic E-state index is -1.22. The van der Waals surface area contributed by atoms with E-state index in [1.165, 1.54) is 12.1 Å². The molecule has 2 aromatic rings. The molecule has 0 saturated heterocycles. The first-order chi connectivity index (χ1) is 10.6. The summed E-state index contributed by atoms with van der Waals surface area (Å²) in [6.45, 7) is -0.0674. The van der Waals surface area contributed by atoms with Crippen molar-refractivity contribution in [2.24, 2.45) is 0 Å². The topological polar surface area (TPSA) is 98.8 Å². The monoisotopic (exact) mass is 303 g/mol. The lowest BCUT2D eigenvalue weighted by atomic mass is 10.2. The van der Waals surface area contributed by atoms with Crippen LogP contribution >= 0.6 is 0 Å². The molecule has 8 nitrogen and oxygen atoms in total. The molecule has 0 aliphatic rings. The number of carbonyl (C=O) groups excluding carboxylic acids is 1. The Morgan fingerprint density at radius 3 is 2.23 bits per heavy atom. The molecule has 1 amide bonds. The van der Waals surface area contributed by atoms with Gasteiger partial charge in [-0.15, -0.1) is 0 Å². The molecular formula is C14H11N2O6+. The molecule has 0 aliphatic carbocycles. The smallest absolute Gasteiger partial charge is 0.400 e. The van der Waals surface area contributed by atoms with E-state index in [-0.39, 0.29) is 23.0 Å². The van der Waals surface area contributed by atoms with E-state index in [4.69, 9.17) is 4.74 Å². The summed E-state index contributed by atoms with van der Waals surface area (Å²) in [4.78, 5) is 37.1. The normalized spacial score (nSPS) is 9.82. The lowest BCUT2D eigenvalue weighted by Crippen LogP contribution is -2.22. The number of carbonyl (C=O) groups is 1. The number of nitro benzene ring substituents is 1. The molecule has 2 rings (SSSR count). The van der Waals surface area contributed by atoms with E-state index in [9.17, 15) is 19.8 Å². The third-order valence-corrected chi connectivity index (χ3v) is 2.59. The number of nitro groups is 1. The fourth-order valence-corrected chi connectivity index (χ4v) is 1.53. The van der Waals surface area contributed by atoms with Gasteiger partial charge in [0.15, 0.2) is 0 Å². The van der Waals surface area contributed by atoms with Crippen molar-refractivity contribution in [3.05, 3.63) is 75.2 Å². The van der Waals surface area contributed by atoms with Crippen molar-refractivity contribution in [1.82, 2.24) is 0 Å². The zero-order valence-corrected chi connectivity index (χ0v) is 11.2. The van der Waals surface area contributed by atoms with E-state index >= 15 is 0 Å². The molecule has 8 heteroatoms. The lowest BCUT2D eigenvalue weighted by Gasteiger charge is -1.98. The largest absolute Gasteiger partial charge is 0.699 e. The van der Waals surface area contributed by atoms with Crippen molar-refractivity contribution in [1.29, 1.82) is 0 Å². The molecule has 22 heavy (non-hydrogen) atoms. The van der Waals surface area contributed by atoms with Crippen LogP contribution in [0, 0.1) is 15.0 Å². The highest BCUT2D eigenvalue weighted by atomic mass is 16.8. The lowest BCUT2D eigenvalue weighted by molar-refractivity contribution is -0.693. The molecule has 0 heterocycles. The molecule has 2 aromatic carbocycles. The maximum Gasteiger partial charge on any atom is 0.699 e. The second kappa shape index (κ2) is 6.93. The highest BCUT2D eigenvalue weighted by Crippen LogP contribution is 2.17. The van der Waals surface area contributed by atoms with Gasteiger partial charge in [-0.3, -0.25) is 10.1 Å². The van der Waals surface area contributed by atoms with Gasteiger partial charge in [-0.05, 0) is 17.7 Å². The van der Waals surface area contributed by atoms with Crippen molar-refractivity contribution >= 4 is 11.8 Å². The Balaban J connectivity index is 1.88. The molecule has 0 unspecified atom stereocenters. The second-order valence-electron chi connectivity index (χ2n) is 4.14. The van der Waals surface area contributed by atoms with Gasteiger partial charge in [0, 0.05) is 12.1 Å². The molecule has 0 saturated carbocycles. The molecule has 0 bridgehead atoms. The molecule has 0 fully saturated rings. The van der Waals surface area contributed by atoms with Crippen molar-refractivity contribution in [2.45, 2.75) is 6.61 Å². The SMILES string of the molecule is O=C(OCc1ccccc1)[N+](=O)Oc1ccc([N+](=O)[O-])cc1. The molecule has 0 radical (unpaired) electrons. The van der Waals surface area contributed by atoms with Crippen molar-refractivity contribution in [3.8, 4) is 5.75 Å². The van der Waals surface area contributed by atoms with E-state index in [1.807, 2.05) is 6.07 Å². The van der Waals surface area contributed by atoms with E-state index < -0.39 is 11.0 Å². The summed E-state index contributed by atoms with van der Waals surface area (Å²) < 4.78 is 4.77.